The van der Waals surface area contributed by atoms with Gasteiger partial charge in [-0.25, -0.2) is 4.79 Å². The molecule has 0 radical (unpaired) electrons. The summed E-state index contributed by atoms with van der Waals surface area (Å²) in [5, 5.41) is 8.88. The summed E-state index contributed by atoms with van der Waals surface area (Å²) in [6.07, 6.45) is 1.63. The number of aliphatic carboxylic acids is 1. The largest absolute Gasteiger partial charge is 0.493 e. The number of aryl methyl sites for hydroxylation is 1. The molecule has 0 saturated carbocycles. The average Bonchev–Trinajstić information content (AvgIpc) is 2.92. The molecule has 1 aliphatic rings. The number of carboxylic acids is 1. The molecule has 6 nitrogen and oxygen atoms in total. The van der Waals surface area contributed by atoms with Crippen LogP contribution in [0.4, 0.5) is 0 Å². The van der Waals surface area contributed by atoms with E-state index < -0.39 is 5.97 Å². The second-order valence-corrected chi connectivity index (χ2v) is 10.2. The Morgan fingerprint density at radius 1 is 1.03 bits per heavy atom. The lowest BCUT2D eigenvalue weighted by Gasteiger charge is -2.26. The quantitative estimate of drug-likeness (QED) is 0.266. The van der Waals surface area contributed by atoms with Crippen LogP contribution >= 0.6 is 11.8 Å². The lowest BCUT2D eigenvalue weighted by Crippen LogP contribution is -2.37. The van der Waals surface area contributed by atoms with E-state index in [1.165, 1.54) is 5.56 Å². The van der Waals surface area contributed by atoms with Crippen LogP contribution < -0.4 is 9.47 Å². The monoisotopic (exact) mass is 531 g/mol. The fourth-order valence-corrected chi connectivity index (χ4v) is 5.06. The minimum atomic E-state index is -0.995. The Hall–Kier alpha value is -3.44. The third-order valence-corrected chi connectivity index (χ3v) is 6.93. The maximum absolute atomic E-state index is 10.8. The molecule has 0 spiro atoms. The number of hydrogen-bond donors (Lipinski definition) is 1. The van der Waals surface area contributed by atoms with Gasteiger partial charge < -0.3 is 19.3 Å². The highest BCUT2D eigenvalue weighted by atomic mass is 32.2. The van der Waals surface area contributed by atoms with Crippen molar-refractivity contribution in [1.29, 1.82) is 0 Å². The third kappa shape index (κ3) is 9.14. The Balaban J connectivity index is 1.45. The number of rotatable bonds is 11. The van der Waals surface area contributed by atoms with Gasteiger partial charge in [-0.2, -0.15) is 0 Å². The molecule has 0 amide bonds. The van der Waals surface area contributed by atoms with Crippen LogP contribution in [0, 0.1) is 18.8 Å². The van der Waals surface area contributed by atoms with Gasteiger partial charge in [0, 0.05) is 41.4 Å². The molecule has 7 heteroatoms. The second-order valence-electron chi connectivity index (χ2n) is 9.03. The molecule has 4 rings (SSSR count). The Labute approximate surface area is 228 Å². The van der Waals surface area contributed by atoms with E-state index in [4.69, 9.17) is 19.3 Å². The van der Waals surface area contributed by atoms with Gasteiger partial charge in [0.25, 0.3) is 0 Å². The molecule has 0 unspecified atom stereocenters. The van der Waals surface area contributed by atoms with Crippen molar-refractivity contribution in [1.82, 2.24) is 4.90 Å². The molecule has 1 fully saturated rings. The van der Waals surface area contributed by atoms with Crippen molar-refractivity contribution >= 4 is 17.7 Å². The first-order valence-corrected chi connectivity index (χ1v) is 13.6. The Morgan fingerprint density at radius 2 is 1.84 bits per heavy atom. The molecule has 1 heterocycles. The summed E-state index contributed by atoms with van der Waals surface area (Å²) in [5.74, 6) is 6.98. The maximum atomic E-state index is 10.8. The zero-order valence-corrected chi connectivity index (χ0v) is 22.5. The van der Waals surface area contributed by atoms with Crippen molar-refractivity contribution < 1.29 is 24.1 Å². The standard InChI is InChI=1S/C31H33NO5S/c1-24-19-28(11-12-30(24)37-23-31(33)34)38-29-21-26(10-5-9-25-7-3-2-4-8-25)20-27(22-29)36-16-6-13-32-14-17-35-18-15-32/h2-4,7-8,11-12,19-22H,6,9,13-18,23H2,1H3,(H,33,34). The molecule has 0 aliphatic carbocycles. The van der Waals surface area contributed by atoms with E-state index in [1.807, 2.05) is 55.5 Å². The lowest BCUT2D eigenvalue weighted by molar-refractivity contribution is -0.139. The van der Waals surface area contributed by atoms with Crippen LogP contribution in [0.5, 0.6) is 11.5 Å². The van der Waals surface area contributed by atoms with Gasteiger partial charge in [-0.15, -0.1) is 0 Å². The Kier molecular flexibility index (Phi) is 10.5. The van der Waals surface area contributed by atoms with E-state index >= 15 is 0 Å². The van der Waals surface area contributed by atoms with E-state index in [0.29, 0.717) is 18.8 Å². The molecule has 3 aromatic rings. The summed E-state index contributed by atoms with van der Waals surface area (Å²) < 4.78 is 17.0. The summed E-state index contributed by atoms with van der Waals surface area (Å²) in [5.41, 5.74) is 2.98. The van der Waals surface area contributed by atoms with Gasteiger partial charge in [0.05, 0.1) is 19.8 Å². The molecule has 1 saturated heterocycles. The van der Waals surface area contributed by atoms with Gasteiger partial charge in [-0.3, -0.25) is 4.90 Å². The van der Waals surface area contributed by atoms with E-state index in [-0.39, 0.29) is 6.61 Å². The molecular weight excluding hydrogens is 498 g/mol. The first kappa shape index (κ1) is 27.6. The molecule has 1 N–H and O–H groups in total. The zero-order valence-electron chi connectivity index (χ0n) is 21.7. The smallest absolute Gasteiger partial charge is 0.341 e. The van der Waals surface area contributed by atoms with Gasteiger partial charge in [0.1, 0.15) is 11.5 Å². The van der Waals surface area contributed by atoms with E-state index in [0.717, 1.165) is 65.9 Å². The van der Waals surface area contributed by atoms with Crippen LogP contribution in [0.1, 0.15) is 23.1 Å². The average molecular weight is 532 g/mol. The minimum Gasteiger partial charge on any atom is -0.493 e. The highest BCUT2D eigenvalue weighted by Crippen LogP contribution is 2.34. The van der Waals surface area contributed by atoms with Crippen molar-refractivity contribution in [2.45, 2.75) is 29.6 Å². The van der Waals surface area contributed by atoms with Crippen LogP contribution in [-0.4, -0.2) is 62.0 Å². The molecule has 0 atom stereocenters. The second kappa shape index (κ2) is 14.5. The highest BCUT2D eigenvalue weighted by Gasteiger charge is 2.10. The van der Waals surface area contributed by atoms with Gasteiger partial charge in [0.15, 0.2) is 6.61 Å². The summed E-state index contributed by atoms with van der Waals surface area (Å²) in [6.45, 7) is 6.75. The molecule has 0 bridgehead atoms. The summed E-state index contributed by atoms with van der Waals surface area (Å²) in [6, 6.07) is 22.1. The summed E-state index contributed by atoms with van der Waals surface area (Å²) in [4.78, 5) is 15.3. The van der Waals surface area contributed by atoms with Crippen LogP contribution in [0.15, 0.2) is 76.5 Å². The van der Waals surface area contributed by atoms with Crippen molar-refractivity contribution in [3.63, 3.8) is 0 Å². The summed E-state index contributed by atoms with van der Waals surface area (Å²) in [7, 11) is 0. The van der Waals surface area contributed by atoms with Gasteiger partial charge in [0.2, 0.25) is 0 Å². The first-order chi connectivity index (χ1) is 18.5. The molecule has 3 aromatic carbocycles. The fraction of sp³-hybridized carbons (Fsp3) is 0.323. The molecule has 198 valence electrons. The molecule has 38 heavy (non-hydrogen) atoms. The van der Waals surface area contributed by atoms with Gasteiger partial charge in [-0.05, 0) is 60.9 Å². The van der Waals surface area contributed by atoms with Crippen LogP contribution in [-0.2, 0) is 16.0 Å². The Bertz CT molecular complexity index is 1260. The minimum absolute atomic E-state index is 0.358. The number of benzene rings is 3. The predicted octanol–water partition coefficient (Wildman–Crippen LogP) is 5.30. The fourth-order valence-electron chi connectivity index (χ4n) is 4.06. The number of morpholine rings is 1. The van der Waals surface area contributed by atoms with Crippen LogP contribution in [0.2, 0.25) is 0 Å². The normalized spacial score (nSPS) is 13.4. The number of carboxylic acid groups (broad SMARTS) is 1. The number of hydrogen-bond acceptors (Lipinski definition) is 6. The van der Waals surface area contributed by atoms with Crippen molar-refractivity contribution in [3.05, 3.63) is 83.4 Å². The number of carbonyl (C=O) groups is 1. The van der Waals surface area contributed by atoms with E-state index in [1.54, 1.807) is 11.8 Å². The molecule has 0 aromatic heterocycles. The topological polar surface area (TPSA) is 68.2 Å². The van der Waals surface area contributed by atoms with Gasteiger partial charge in [-0.1, -0.05) is 53.9 Å². The van der Waals surface area contributed by atoms with Crippen molar-refractivity contribution in [2.75, 3.05) is 46.1 Å². The SMILES string of the molecule is Cc1cc(Sc2cc(C#CCc3ccccc3)cc(OCCCN3CCOCC3)c2)ccc1OCC(=O)O. The lowest BCUT2D eigenvalue weighted by atomic mass is 10.1. The van der Waals surface area contributed by atoms with Crippen LogP contribution in [0.25, 0.3) is 0 Å². The first-order valence-electron chi connectivity index (χ1n) is 12.8. The van der Waals surface area contributed by atoms with E-state index in [9.17, 15) is 4.79 Å². The summed E-state index contributed by atoms with van der Waals surface area (Å²) >= 11 is 1.61. The Morgan fingerprint density at radius 3 is 2.61 bits per heavy atom. The maximum Gasteiger partial charge on any atom is 0.341 e. The third-order valence-electron chi connectivity index (χ3n) is 5.97. The molecular formula is C31H33NO5S. The van der Waals surface area contributed by atoms with Gasteiger partial charge >= 0.3 is 5.97 Å². The van der Waals surface area contributed by atoms with Crippen molar-refractivity contribution in [2.24, 2.45) is 0 Å². The predicted molar refractivity (Wildman–Crippen MR) is 149 cm³/mol. The van der Waals surface area contributed by atoms with Crippen LogP contribution in [0.3, 0.4) is 0 Å². The molecule has 1 aliphatic heterocycles. The van der Waals surface area contributed by atoms with E-state index in [2.05, 4.69) is 34.9 Å². The number of nitrogens with zero attached hydrogens (tertiary/aromatic N) is 1. The highest BCUT2D eigenvalue weighted by molar-refractivity contribution is 7.99. The number of ether oxygens (including phenoxy) is 3. The van der Waals surface area contributed by atoms with Crippen molar-refractivity contribution in [3.8, 4) is 23.3 Å². The zero-order chi connectivity index (χ0) is 26.6.